The van der Waals surface area contributed by atoms with Crippen molar-refractivity contribution in [3.05, 3.63) is 47.2 Å². The number of aromatic carboxylic acids is 1. The molecule has 0 aliphatic carbocycles. The summed E-state index contributed by atoms with van der Waals surface area (Å²) in [5.74, 6) is -0.395. The maximum absolute atomic E-state index is 11.9. The number of nitrogens with zero attached hydrogens (tertiary/aromatic N) is 2. The summed E-state index contributed by atoms with van der Waals surface area (Å²) in [6.07, 6.45) is 2.06. The monoisotopic (exact) mass is 312 g/mol. The van der Waals surface area contributed by atoms with Crippen LogP contribution in [0.5, 0.6) is 0 Å². The topological polar surface area (TPSA) is 53.4 Å². The lowest BCUT2D eigenvalue weighted by Crippen LogP contribution is -2.23. The third kappa shape index (κ3) is 3.89. The van der Waals surface area contributed by atoms with Crippen molar-refractivity contribution >= 4 is 11.8 Å². The predicted octanol–water partition coefficient (Wildman–Crippen LogP) is 4.30. The van der Waals surface area contributed by atoms with Crippen LogP contribution in [-0.2, 0) is 0 Å². The van der Waals surface area contributed by atoms with Gasteiger partial charge in [-0.05, 0) is 31.9 Å². The number of aryl methyl sites for hydroxylation is 2. The number of pyridine rings is 1. The number of aromatic nitrogens is 1. The van der Waals surface area contributed by atoms with Crippen LogP contribution in [-0.4, -0.2) is 29.7 Å². The molecule has 0 bridgehead atoms. The highest BCUT2D eigenvalue weighted by atomic mass is 16.4. The summed E-state index contributed by atoms with van der Waals surface area (Å²) in [5, 5.41) is 9.76. The molecule has 0 atom stereocenters. The van der Waals surface area contributed by atoms with E-state index in [-0.39, 0.29) is 5.56 Å². The Morgan fingerprint density at radius 2 is 1.87 bits per heavy atom. The molecule has 0 saturated heterocycles. The first-order chi connectivity index (χ1) is 10.9. The Kier molecular flexibility index (Phi) is 5.37. The van der Waals surface area contributed by atoms with Gasteiger partial charge in [0.15, 0.2) is 0 Å². The third-order valence-electron chi connectivity index (χ3n) is 3.91. The number of unbranched alkanes of at least 4 members (excludes halogenated alkanes) is 1. The van der Waals surface area contributed by atoms with Crippen LogP contribution < -0.4 is 4.90 Å². The number of hydrogen-bond donors (Lipinski definition) is 1. The lowest BCUT2D eigenvalue weighted by molar-refractivity contribution is 0.0698. The first-order valence-electron chi connectivity index (χ1n) is 7.97. The molecule has 0 spiro atoms. The minimum absolute atomic E-state index is 0.276. The summed E-state index contributed by atoms with van der Waals surface area (Å²) in [7, 11) is 1.91. The van der Waals surface area contributed by atoms with Gasteiger partial charge in [0.25, 0.3) is 0 Å². The summed E-state index contributed by atoms with van der Waals surface area (Å²) in [6, 6.07) is 9.78. The first kappa shape index (κ1) is 17.0. The molecule has 122 valence electrons. The van der Waals surface area contributed by atoms with E-state index in [4.69, 9.17) is 0 Å². The molecule has 0 fully saturated rings. The largest absolute Gasteiger partial charge is 0.478 e. The average molecular weight is 312 g/mol. The van der Waals surface area contributed by atoms with Gasteiger partial charge in [-0.3, -0.25) is 0 Å². The van der Waals surface area contributed by atoms with Crippen molar-refractivity contribution in [2.45, 2.75) is 33.6 Å². The van der Waals surface area contributed by atoms with E-state index < -0.39 is 5.97 Å². The van der Waals surface area contributed by atoms with Crippen molar-refractivity contribution in [2.24, 2.45) is 0 Å². The molecule has 0 aliphatic rings. The molecule has 4 nitrogen and oxygen atoms in total. The van der Waals surface area contributed by atoms with E-state index in [1.54, 1.807) is 0 Å². The Hall–Kier alpha value is -2.36. The van der Waals surface area contributed by atoms with E-state index in [2.05, 4.69) is 11.9 Å². The smallest absolute Gasteiger partial charge is 0.340 e. The molecule has 0 radical (unpaired) electrons. The van der Waals surface area contributed by atoms with E-state index in [0.717, 1.165) is 41.8 Å². The number of carboxylic acid groups (broad SMARTS) is 1. The minimum atomic E-state index is -0.938. The summed E-state index contributed by atoms with van der Waals surface area (Å²) in [5.41, 5.74) is 3.88. The van der Waals surface area contributed by atoms with Crippen molar-refractivity contribution in [1.29, 1.82) is 0 Å². The standard InChI is InChI=1S/C19H24N2O2/c1-5-6-11-21(4)18-17(19(22)23)16(12-14(3)20-18)15-9-7-13(2)8-10-15/h7-10,12H,5-6,11H2,1-4H3,(H,22,23). The van der Waals surface area contributed by atoms with E-state index in [0.29, 0.717) is 5.82 Å². The normalized spacial score (nSPS) is 10.6. The molecule has 1 aromatic heterocycles. The van der Waals surface area contributed by atoms with E-state index in [1.165, 1.54) is 0 Å². The Bertz CT molecular complexity index is 693. The average Bonchev–Trinajstić information content (AvgIpc) is 2.52. The van der Waals surface area contributed by atoms with Gasteiger partial charge in [-0.2, -0.15) is 0 Å². The second-order valence-corrected chi connectivity index (χ2v) is 5.96. The molecule has 1 N–H and O–H groups in total. The van der Waals surface area contributed by atoms with E-state index in [9.17, 15) is 9.90 Å². The summed E-state index contributed by atoms with van der Waals surface area (Å²) in [6.45, 7) is 6.83. The predicted molar refractivity (Wildman–Crippen MR) is 94.3 cm³/mol. The number of carboxylic acids is 1. The van der Waals surface area contributed by atoms with Crippen LogP contribution in [0.25, 0.3) is 11.1 Å². The Morgan fingerprint density at radius 1 is 1.22 bits per heavy atom. The molecule has 1 aromatic carbocycles. The Balaban J connectivity index is 2.59. The first-order valence-corrected chi connectivity index (χ1v) is 7.97. The van der Waals surface area contributed by atoms with Crippen molar-refractivity contribution in [3.8, 4) is 11.1 Å². The van der Waals surface area contributed by atoms with Crippen LogP contribution in [0.3, 0.4) is 0 Å². The van der Waals surface area contributed by atoms with Crippen molar-refractivity contribution in [1.82, 2.24) is 4.98 Å². The van der Waals surface area contributed by atoms with Crippen LogP contribution in [0.15, 0.2) is 30.3 Å². The van der Waals surface area contributed by atoms with Crippen LogP contribution in [0, 0.1) is 13.8 Å². The van der Waals surface area contributed by atoms with Crippen LogP contribution in [0.4, 0.5) is 5.82 Å². The maximum Gasteiger partial charge on any atom is 0.340 e. The van der Waals surface area contributed by atoms with Crippen LogP contribution in [0.2, 0.25) is 0 Å². The van der Waals surface area contributed by atoms with Crippen molar-refractivity contribution in [3.63, 3.8) is 0 Å². The van der Waals surface area contributed by atoms with Crippen molar-refractivity contribution in [2.75, 3.05) is 18.5 Å². The molecule has 23 heavy (non-hydrogen) atoms. The van der Waals surface area contributed by atoms with Gasteiger partial charge in [-0.15, -0.1) is 0 Å². The molecule has 4 heteroatoms. The molecular weight excluding hydrogens is 288 g/mol. The molecule has 0 saturated carbocycles. The van der Waals surface area contributed by atoms with Crippen LogP contribution in [0.1, 0.15) is 41.4 Å². The molecule has 0 unspecified atom stereocenters. The van der Waals surface area contributed by atoms with Gasteiger partial charge in [0.2, 0.25) is 0 Å². The fraction of sp³-hybridized carbons (Fsp3) is 0.368. The SMILES string of the molecule is CCCCN(C)c1nc(C)cc(-c2ccc(C)cc2)c1C(=O)O. The second kappa shape index (κ2) is 7.27. The number of carbonyl (C=O) groups is 1. The lowest BCUT2D eigenvalue weighted by atomic mass is 9.98. The van der Waals surface area contributed by atoms with Gasteiger partial charge in [-0.25, -0.2) is 9.78 Å². The van der Waals surface area contributed by atoms with E-state index in [1.807, 2.05) is 56.1 Å². The van der Waals surface area contributed by atoms with Gasteiger partial charge in [-0.1, -0.05) is 43.2 Å². The molecule has 2 aromatic rings. The molecule has 0 aliphatic heterocycles. The van der Waals surface area contributed by atoms with Crippen molar-refractivity contribution < 1.29 is 9.90 Å². The Morgan fingerprint density at radius 3 is 2.43 bits per heavy atom. The molecular formula is C19H24N2O2. The van der Waals surface area contributed by atoms with E-state index >= 15 is 0 Å². The van der Waals surface area contributed by atoms with Gasteiger partial charge in [0.05, 0.1) is 0 Å². The highest BCUT2D eigenvalue weighted by Crippen LogP contribution is 2.31. The van der Waals surface area contributed by atoms with Gasteiger partial charge >= 0.3 is 5.97 Å². The summed E-state index contributed by atoms with van der Waals surface area (Å²) < 4.78 is 0. The number of benzene rings is 1. The summed E-state index contributed by atoms with van der Waals surface area (Å²) >= 11 is 0. The number of hydrogen-bond acceptors (Lipinski definition) is 3. The minimum Gasteiger partial charge on any atom is -0.478 e. The van der Waals surface area contributed by atoms with Gasteiger partial charge in [0, 0.05) is 24.8 Å². The fourth-order valence-electron chi connectivity index (χ4n) is 2.61. The maximum atomic E-state index is 11.9. The molecule has 2 rings (SSSR count). The number of rotatable bonds is 6. The molecule has 0 amide bonds. The zero-order chi connectivity index (χ0) is 17.0. The highest BCUT2D eigenvalue weighted by molar-refractivity contribution is 6.01. The lowest BCUT2D eigenvalue weighted by Gasteiger charge is -2.22. The fourth-order valence-corrected chi connectivity index (χ4v) is 2.61. The zero-order valence-corrected chi connectivity index (χ0v) is 14.3. The zero-order valence-electron chi connectivity index (χ0n) is 14.3. The van der Waals surface area contributed by atoms with Gasteiger partial charge in [0.1, 0.15) is 11.4 Å². The third-order valence-corrected chi connectivity index (χ3v) is 3.91. The highest BCUT2D eigenvalue weighted by Gasteiger charge is 2.21. The van der Waals surface area contributed by atoms with Crippen LogP contribution >= 0.6 is 0 Å². The Labute approximate surface area is 137 Å². The van der Waals surface area contributed by atoms with Gasteiger partial charge < -0.3 is 10.0 Å². The number of anilines is 1. The second-order valence-electron chi connectivity index (χ2n) is 5.96. The quantitative estimate of drug-likeness (QED) is 0.864. The molecule has 1 heterocycles. The summed E-state index contributed by atoms with van der Waals surface area (Å²) in [4.78, 5) is 18.3.